The van der Waals surface area contributed by atoms with Gasteiger partial charge in [0.15, 0.2) is 0 Å². The summed E-state index contributed by atoms with van der Waals surface area (Å²) < 4.78 is 20.6. The smallest absolute Gasteiger partial charge is 0.213 e. The number of alkyl halides is 1. The Morgan fingerprint density at radius 3 is 2.37 bits per heavy atom. The molecule has 0 saturated carbocycles. The summed E-state index contributed by atoms with van der Waals surface area (Å²) in [5.74, 6) is 0.516. The molecule has 3 rings (SSSR count). The number of nitrogens with two attached hydrogens (primary N) is 1. The molecule has 0 aliphatic heterocycles. The van der Waals surface area contributed by atoms with Crippen LogP contribution < -0.4 is 10.5 Å². The summed E-state index contributed by atoms with van der Waals surface area (Å²) in [6.07, 6.45) is 1.34. The molecule has 2 heterocycles. The molecule has 1 atom stereocenters. The van der Waals surface area contributed by atoms with Gasteiger partial charge in [-0.15, -0.1) is 24.8 Å². The van der Waals surface area contributed by atoms with Crippen LogP contribution in [0.2, 0.25) is 0 Å². The highest BCUT2D eigenvalue weighted by Gasteiger charge is 2.16. The highest BCUT2D eigenvalue weighted by Crippen LogP contribution is 2.28. The van der Waals surface area contributed by atoms with Crippen LogP contribution >= 0.6 is 24.8 Å². The molecule has 1 unspecified atom stereocenters. The van der Waals surface area contributed by atoms with Crippen LogP contribution in [0.25, 0.3) is 16.9 Å². The monoisotopic (exact) mass is 412 g/mol. The van der Waals surface area contributed by atoms with Crippen molar-refractivity contribution >= 4 is 24.8 Å². The van der Waals surface area contributed by atoms with E-state index in [-0.39, 0.29) is 24.8 Å². The van der Waals surface area contributed by atoms with Crippen LogP contribution in [0, 0.1) is 0 Å². The van der Waals surface area contributed by atoms with E-state index in [4.69, 9.17) is 10.5 Å². The summed E-state index contributed by atoms with van der Waals surface area (Å²) >= 11 is 0. The second kappa shape index (κ2) is 10.3. The third kappa shape index (κ3) is 5.19. The average Bonchev–Trinajstić information content (AvgIpc) is 3.08. The van der Waals surface area contributed by atoms with E-state index in [1.54, 1.807) is 30.1 Å². The minimum Gasteiger partial charge on any atom is -0.481 e. The SMILES string of the molecule is COc1ccc(-n2nc(C(C)F)cc2-c2ccc(CCN)cc2)cn1.Cl.Cl. The summed E-state index contributed by atoms with van der Waals surface area (Å²) in [4.78, 5) is 4.21. The maximum absolute atomic E-state index is 13.8. The molecular weight excluding hydrogens is 390 g/mol. The molecule has 0 aliphatic carbocycles. The maximum Gasteiger partial charge on any atom is 0.213 e. The van der Waals surface area contributed by atoms with Crippen molar-refractivity contribution in [2.45, 2.75) is 19.5 Å². The zero-order valence-electron chi connectivity index (χ0n) is 15.1. The van der Waals surface area contributed by atoms with E-state index in [0.717, 1.165) is 23.4 Å². The molecule has 2 N–H and O–H groups in total. The Morgan fingerprint density at radius 2 is 1.85 bits per heavy atom. The Kier molecular flexibility index (Phi) is 8.69. The standard InChI is InChI=1S/C19H21FN4O.2ClH/c1-13(20)17-11-18(15-5-3-14(4-6-15)9-10-21)24(23-17)16-7-8-19(25-2)22-12-16;;/h3-8,11-13H,9-10,21H2,1-2H3;2*1H. The quantitative estimate of drug-likeness (QED) is 0.654. The first kappa shape index (κ1) is 22.9. The van der Waals surface area contributed by atoms with Crippen molar-refractivity contribution in [3.8, 4) is 22.8 Å². The number of ether oxygens (including phenoxy) is 1. The Labute approximate surface area is 170 Å². The fourth-order valence-corrected chi connectivity index (χ4v) is 2.62. The van der Waals surface area contributed by atoms with Gasteiger partial charge in [-0.25, -0.2) is 14.1 Å². The van der Waals surface area contributed by atoms with Crippen molar-refractivity contribution in [2.75, 3.05) is 13.7 Å². The third-order valence-corrected chi connectivity index (χ3v) is 3.99. The number of hydrogen-bond donors (Lipinski definition) is 1. The number of benzene rings is 1. The van der Waals surface area contributed by atoms with E-state index in [9.17, 15) is 4.39 Å². The second-order valence-corrected chi connectivity index (χ2v) is 5.78. The molecule has 0 radical (unpaired) electrons. The minimum absolute atomic E-state index is 0. The van der Waals surface area contributed by atoms with Crippen molar-refractivity contribution in [2.24, 2.45) is 5.73 Å². The van der Waals surface area contributed by atoms with Gasteiger partial charge in [-0.2, -0.15) is 5.10 Å². The first-order chi connectivity index (χ1) is 12.1. The lowest BCUT2D eigenvalue weighted by atomic mass is 10.1. The van der Waals surface area contributed by atoms with E-state index in [1.807, 2.05) is 30.3 Å². The van der Waals surface area contributed by atoms with Crippen molar-refractivity contribution < 1.29 is 9.13 Å². The molecule has 1 aromatic carbocycles. The molecular formula is C19H23Cl2FN4O. The van der Waals surface area contributed by atoms with Gasteiger partial charge in [-0.1, -0.05) is 24.3 Å². The molecule has 146 valence electrons. The molecule has 0 spiro atoms. The molecule has 0 saturated heterocycles. The molecule has 27 heavy (non-hydrogen) atoms. The molecule has 0 fully saturated rings. The lowest BCUT2D eigenvalue weighted by molar-refractivity contribution is 0.364. The lowest BCUT2D eigenvalue weighted by Crippen LogP contribution is -2.03. The number of pyridine rings is 1. The van der Waals surface area contributed by atoms with Crippen LogP contribution in [0.15, 0.2) is 48.7 Å². The topological polar surface area (TPSA) is 66.0 Å². The Bertz CT molecular complexity index is 836. The van der Waals surface area contributed by atoms with Crippen LogP contribution in [0.4, 0.5) is 4.39 Å². The average molecular weight is 413 g/mol. The van der Waals surface area contributed by atoms with Gasteiger partial charge in [0, 0.05) is 11.6 Å². The highest BCUT2D eigenvalue weighted by atomic mass is 35.5. The summed E-state index contributed by atoms with van der Waals surface area (Å²) in [6, 6.07) is 13.4. The van der Waals surface area contributed by atoms with Gasteiger partial charge >= 0.3 is 0 Å². The molecule has 0 amide bonds. The first-order valence-corrected chi connectivity index (χ1v) is 8.16. The largest absolute Gasteiger partial charge is 0.481 e. The van der Waals surface area contributed by atoms with Crippen LogP contribution in [-0.4, -0.2) is 28.4 Å². The minimum atomic E-state index is -1.15. The number of nitrogens with zero attached hydrogens (tertiary/aromatic N) is 3. The summed E-state index contributed by atoms with van der Waals surface area (Å²) in [6.45, 7) is 2.09. The zero-order valence-corrected chi connectivity index (χ0v) is 16.8. The second-order valence-electron chi connectivity index (χ2n) is 5.78. The van der Waals surface area contributed by atoms with E-state index in [2.05, 4.69) is 10.1 Å². The van der Waals surface area contributed by atoms with Crippen molar-refractivity contribution in [1.29, 1.82) is 0 Å². The van der Waals surface area contributed by atoms with Gasteiger partial charge < -0.3 is 10.5 Å². The molecule has 0 bridgehead atoms. The zero-order chi connectivity index (χ0) is 17.8. The third-order valence-electron chi connectivity index (χ3n) is 3.99. The van der Waals surface area contributed by atoms with Crippen molar-refractivity contribution in [1.82, 2.24) is 14.8 Å². The summed E-state index contributed by atoms with van der Waals surface area (Å²) in [5, 5.41) is 4.41. The summed E-state index contributed by atoms with van der Waals surface area (Å²) in [5.41, 5.74) is 9.66. The van der Waals surface area contributed by atoms with Gasteiger partial charge in [0.25, 0.3) is 0 Å². The van der Waals surface area contributed by atoms with Crippen molar-refractivity contribution in [3.63, 3.8) is 0 Å². The number of aromatic nitrogens is 3. The fourth-order valence-electron chi connectivity index (χ4n) is 2.62. The van der Waals surface area contributed by atoms with Gasteiger partial charge in [-0.3, -0.25) is 0 Å². The number of methoxy groups -OCH3 is 1. The molecule has 8 heteroatoms. The number of hydrogen-bond acceptors (Lipinski definition) is 4. The van der Waals surface area contributed by atoms with E-state index < -0.39 is 6.17 Å². The predicted molar refractivity (Wildman–Crippen MR) is 110 cm³/mol. The first-order valence-electron chi connectivity index (χ1n) is 8.16. The Morgan fingerprint density at radius 1 is 1.15 bits per heavy atom. The molecule has 0 aliphatic rings. The Hall–Kier alpha value is -2.15. The number of halogens is 3. The van der Waals surface area contributed by atoms with Crippen LogP contribution in [0.1, 0.15) is 24.4 Å². The highest BCUT2D eigenvalue weighted by molar-refractivity contribution is 5.85. The molecule has 2 aromatic heterocycles. The predicted octanol–water partition coefficient (Wildman–Crippen LogP) is 4.32. The van der Waals surface area contributed by atoms with Gasteiger partial charge in [0.05, 0.1) is 30.4 Å². The molecule has 3 aromatic rings. The normalized spacial score (nSPS) is 11.3. The van der Waals surface area contributed by atoms with E-state index >= 15 is 0 Å². The van der Waals surface area contributed by atoms with Crippen molar-refractivity contribution in [3.05, 3.63) is 59.9 Å². The van der Waals surface area contributed by atoms with Crippen LogP contribution in [0.5, 0.6) is 5.88 Å². The van der Waals surface area contributed by atoms with E-state index in [0.29, 0.717) is 18.1 Å². The molecule has 5 nitrogen and oxygen atoms in total. The lowest BCUT2D eigenvalue weighted by Gasteiger charge is -2.09. The van der Waals surface area contributed by atoms with Crippen LogP contribution in [0.3, 0.4) is 0 Å². The van der Waals surface area contributed by atoms with Crippen LogP contribution in [-0.2, 0) is 6.42 Å². The van der Waals surface area contributed by atoms with Gasteiger partial charge in [-0.05, 0) is 37.6 Å². The summed E-state index contributed by atoms with van der Waals surface area (Å²) in [7, 11) is 1.56. The fraction of sp³-hybridized carbons (Fsp3) is 0.263. The van der Waals surface area contributed by atoms with Gasteiger partial charge in [0.2, 0.25) is 5.88 Å². The maximum atomic E-state index is 13.8. The number of rotatable bonds is 6. The van der Waals surface area contributed by atoms with E-state index in [1.165, 1.54) is 12.5 Å². The van der Waals surface area contributed by atoms with Gasteiger partial charge in [0.1, 0.15) is 6.17 Å². The Balaban J connectivity index is 0.00000182.